The van der Waals surface area contributed by atoms with E-state index in [9.17, 15) is 5.11 Å². The number of hydrogen-bond donors (Lipinski definition) is 1. The molecule has 0 fully saturated rings. The van der Waals surface area contributed by atoms with E-state index in [2.05, 4.69) is 0 Å². The van der Waals surface area contributed by atoms with Crippen LogP contribution in [0.2, 0.25) is 0 Å². The van der Waals surface area contributed by atoms with Crippen molar-refractivity contribution in [2.45, 2.75) is 6.10 Å². The molecule has 0 amide bonds. The van der Waals surface area contributed by atoms with Crippen molar-refractivity contribution in [3.05, 3.63) is 16.3 Å². The highest BCUT2D eigenvalue weighted by Gasteiger charge is 2.09. The molecule has 0 saturated carbocycles. The summed E-state index contributed by atoms with van der Waals surface area (Å²) in [6, 6.07) is 1.81. The van der Waals surface area contributed by atoms with Gasteiger partial charge in [-0.1, -0.05) is 0 Å². The fourth-order valence-corrected chi connectivity index (χ4v) is 1.68. The Morgan fingerprint density at radius 2 is 2.33 bits per heavy atom. The van der Waals surface area contributed by atoms with Crippen LogP contribution < -0.4 is 4.74 Å². The largest absolute Gasteiger partial charge is 0.496 e. The summed E-state index contributed by atoms with van der Waals surface area (Å²) in [5, 5.41) is 11.3. The average molecular weight is 188 g/mol. The molecule has 1 aromatic rings. The van der Waals surface area contributed by atoms with Crippen molar-refractivity contribution in [3.63, 3.8) is 0 Å². The van der Waals surface area contributed by atoms with E-state index in [1.807, 2.05) is 11.4 Å². The van der Waals surface area contributed by atoms with Gasteiger partial charge in [-0.05, 0) is 6.07 Å². The van der Waals surface area contributed by atoms with Crippen LogP contribution in [0.5, 0.6) is 5.75 Å². The zero-order chi connectivity index (χ0) is 8.97. The molecular formula is C8H12O3S. The van der Waals surface area contributed by atoms with Crippen LogP contribution in [-0.4, -0.2) is 25.9 Å². The van der Waals surface area contributed by atoms with Crippen molar-refractivity contribution < 1.29 is 14.6 Å². The number of aliphatic hydroxyl groups is 1. The van der Waals surface area contributed by atoms with Gasteiger partial charge in [-0.15, -0.1) is 11.3 Å². The van der Waals surface area contributed by atoms with Crippen molar-refractivity contribution in [1.82, 2.24) is 0 Å². The molecule has 0 aliphatic carbocycles. The lowest BCUT2D eigenvalue weighted by atomic mass is 10.3. The Morgan fingerprint density at radius 3 is 2.83 bits per heavy atom. The smallest absolute Gasteiger partial charge is 0.129 e. The van der Waals surface area contributed by atoms with Crippen LogP contribution in [0.3, 0.4) is 0 Å². The van der Waals surface area contributed by atoms with Gasteiger partial charge in [-0.3, -0.25) is 0 Å². The van der Waals surface area contributed by atoms with Crippen molar-refractivity contribution >= 4 is 11.3 Å². The first-order valence-electron chi connectivity index (χ1n) is 3.57. The SMILES string of the molecule is COCC(O)c1cc(OC)cs1. The Balaban J connectivity index is 2.61. The zero-order valence-corrected chi connectivity index (χ0v) is 7.93. The minimum Gasteiger partial charge on any atom is -0.496 e. The fourth-order valence-electron chi connectivity index (χ4n) is 0.856. The summed E-state index contributed by atoms with van der Waals surface area (Å²) < 4.78 is 9.80. The highest BCUT2D eigenvalue weighted by atomic mass is 32.1. The van der Waals surface area contributed by atoms with Gasteiger partial charge in [0.15, 0.2) is 0 Å². The molecule has 68 valence electrons. The lowest BCUT2D eigenvalue weighted by Crippen LogP contribution is -2.02. The van der Waals surface area contributed by atoms with E-state index in [-0.39, 0.29) is 0 Å². The topological polar surface area (TPSA) is 38.7 Å². The van der Waals surface area contributed by atoms with E-state index in [4.69, 9.17) is 9.47 Å². The molecule has 0 bridgehead atoms. The van der Waals surface area contributed by atoms with E-state index in [1.54, 1.807) is 14.2 Å². The molecule has 0 spiro atoms. The Hall–Kier alpha value is -0.580. The average Bonchev–Trinajstić information content (AvgIpc) is 2.52. The van der Waals surface area contributed by atoms with Crippen LogP contribution >= 0.6 is 11.3 Å². The molecule has 0 aliphatic heterocycles. The lowest BCUT2D eigenvalue weighted by Gasteiger charge is -2.05. The Labute approximate surface area is 75.6 Å². The summed E-state index contributed by atoms with van der Waals surface area (Å²) in [7, 11) is 3.17. The second-order valence-corrected chi connectivity index (χ2v) is 3.30. The molecule has 1 unspecified atom stereocenters. The molecule has 0 aromatic carbocycles. The third kappa shape index (κ3) is 2.20. The maximum absolute atomic E-state index is 9.46. The van der Waals surface area contributed by atoms with E-state index < -0.39 is 6.10 Å². The number of rotatable bonds is 4. The predicted molar refractivity (Wildman–Crippen MR) is 47.7 cm³/mol. The Kier molecular flexibility index (Phi) is 3.52. The van der Waals surface area contributed by atoms with Gasteiger partial charge in [0.1, 0.15) is 11.9 Å². The van der Waals surface area contributed by atoms with Gasteiger partial charge >= 0.3 is 0 Å². The summed E-state index contributed by atoms with van der Waals surface area (Å²) in [4.78, 5) is 0.869. The van der Waals surface area contributed by atoms with Crippen LogP contribution in [0.1, 0.15) is 11.0 Å². The summed E-state index contributed by atoms with van der Waals surface area (Å²) in [6.07, 6.45) is -0.538. The molecule has 0 saturated heterocycles. The number of thiophene rings is 1. The standard InChI is InChI=1S/C8H12O3S/c1-10-4-7(9)8-3-6(11-2)5-12-8/h3,5,7,9H,4H2,1-2H3. The van der Waals surface area contributed by atoms with E-state index in [1.165, 1.54) is 11.3 Å². The van der Waals surface area contributed by atoms with Crippen molar-refractivity contribution in [1.29, 1.82) is 0 Å². The minimum atomic E-state index is -0.538. The van der Waals surface area contributed by atoms with Crippen LogP contribution in [-0.2, 0) is 4.74 Å². The van der Waals surface area contributed by atoms with Gasteiger partial charge in [-0.25, -0.2) is 0 Å². The van der Waals surface area contributed by atoms with Crippen LogP contribution in [0.15, 0.2) is 11.4 Å². The first-order valence-corrected chi connectivity index (χ1v) is 4.45. The van der Waals surface area contributed by atoms with Crippen LogP contribution in [0.25, 0.3) is 0 Å². The van der Waals surface area contributed by atoms with Gasteiger partial charge in [-0.2, -0.15) is 0 Å². The molecule has 1 aromatic heterocycles. The monoisotopic (exact) mass is 188 g/mol. The highest BCUT2D eigenvalue weighted by molar-refractivity contribution is 7.10. The van der Waals surface area contributed by atoms with Crippen LogP contribution in [0.4, 0.5) is 0 Å². The third-order valence-corrected chi connectivity index (χ3v) is 2.50. The van der Waals surface area contributed by atoms with E-state index in [0.29, 0.717) is 6.61 Å². The number of aliphatic hydroxyl groups excluding tert-OH is 1. The van der Waals surface area contributed by atoms with Gasteiger partial charge in [0, 0.05) is 17.4 Å². The number of ether oxygens (including phenoxy) is 2. The molecule has 0 radical (unpaired) electrons. The molecule has 0 aliphatic rings. The first kappa shape index (κ1) is 9.51. The molecule has 3 nitrogen and oxygen atoms in total. The van der Waals surface area contributed by atoms with Crippen molar-refractivity contribution in [2.75, 3.05) is 20.8 Å². The highest BCUT2D eigenvalue weighted by Crippen LogP contribution is 2.26. The van der Waals surface area contributed by atoms with E-state index >= 15 is 0 Å². The quantitative estimate of drug-likeness (QED) is 0.777. The zero-order valence-electron chi connectivity index (χ0n) is 7.11. The number of hydrogen-bond acceptors (Lipinski definition) is 4. The lowest BCUT2D eigenvalue weighted by molar-refractivity contribution is 0.0665. The molecular weight excluding hydrogens is 176 g/mol. The number of methoxy groups -OCH3 is 2. The molecule has 12 heavy (non-hydrogen) atoms. The summed E-state index contributed by atoms with van der Waals surface area (Å²) in [5.74, 6) is 0.783. The molecule has 1 N–H and O–H groups in total. The first-order chi connectivity index (χ1) is 5.77. The summed E-state index contributed by atoms with van der Waals surface area (Å²) in [6.45, 7) is 0.323. The second kappa shape index (κ2) is 4.45. The fraction of sp³-hybridized carbons (Fsp3) is 0.500. The van der Waals surface area contributed by atoms with Gasteiger partial charge in [0.05, 0.1) is 13.7 Å². The normalized spacial score (nSPS) is 12.9. The Bertz CT molecular complexity index is 234. The molecule has 1 rings (SSSR count). The maximum Gasteiger partial charge on any atom is 0.129 e. The summed E-state index contributed by atoms with van der Waals surface area (Å²) in [5.41, 5.74) is 0. The predicted octanol–water partition coefficient (Wildman–Crippen LogP) is 1.44. The molecule has 1 atom stereocenters. The third-order valence-electron chi connectivity index (χ3n) is 1.48. The summed E-state index contributed by atoms with van der Waals surface area (Å²) >= 11 is 1.47. The van der Waals surface area contributed by atoms with Crippen molar-refractivity contribution in [3.8, 4) is 5.75 Å². The van der Waals surface area contributed by atoms with Crippen molar-refractivity contribution in [2.24, 2.45) is 0 Å². The molecule has 1 heterocycles. The second-order valence-electron chi connectivity index (χ2n) is 2.36. The van der Waals surface area contributed by atoms with Crippen LogP contribution in [0, 0.1) is 0 Å². The van der Waals surface area contributed by atoms with E-state index in [0.717, 1.165) is 10.6 Å². The Morgan fingerprint density at radius 1 is 1.58 bits per heavy atom. The minimum absolute atomic E-state index is 0.323. The van der Waals surface area contributed by atoms with Gasteiger partial charge in [0.25, 0.3) is 0 Å². The van der Waals surface area contributed by atoms with Gasteiger partial charge < -0.3 is 14.6 Å². The maximum atomic E-state index is 9.46. The van der Waals surface area contributed by atoms with Gasteiger partial charge in [0.2, 0.25) is 0 Å². The molecule has 4 heteroatoms.